The highest BCUT2D eigenvalue weighted by Gasteiger charge is 2.18. The molecule has 2 N–H and O–H groups in total. The maximum atomic E-state index is 13.7. The molecule has 2 rings (SSSR count). The monoisotopic (exact) mass is 349 g/mol. The van der Waals surface area contributed by atoms with Gasteiger partial charge >= 0.3 is 0 Å². The van der Waals surface area contributed by atoms with Crippen molar-refractivity contribution in [1.82, 2.24) is 0 Å². The van der Waals surface area contributed by atoms with Crippen molar-refractivity contribution < 1.29 is 22.3 Å². The fraction of sp³-hybridized carbons (Fsp3) is 0.0769. The molecule has 2 aromatic carbocycles. The Bertz CT molecular complexity index is 640. The summed E-state index contributed by atoms with van der Waals surface area (Å²) >= 11 is 2.93. The van der Waals surface area contributed by atoms with Crippen molar-refractivity contribution in [3.8, 4) is 11.5 Å². The number of hydrogen-bond acceptors (Lipinski definition) is 2. The summed E-state index contributed by atoms with van der Waals surface area (Å²) in [6, 6.07) is 3.86. The fourth-order valence-corrected chi connectivity index (χ4v) is 1.95. The average molecular weight is 350 g/mol. The van der Waals surface area contributed by atoms with Crippen molar-refractivity contribution in [2.45, 2.75) is 6.54 Å². The normalized spacial score (nSPS) is 10.7. The van der Waals surface area contributed by atoms with Crippen LogP contribution in [-0.2, 0) is 6.54 Å². The lowest BCUT2D eigenvalue weighted by molar-refractivity contribution is 0.374. The Balaban J connectivity index is 2.45. The molecule has 0 bridgehead atoms. The van der Waals surface area contributed by atoms with Gasteiger partial charge in [0, 0.05) is 11.0 Å². The second kappa shape index (κ2) is 5.80. The summed E-state index contributed by atoms with van der Waals surface area (Å²) in [7, 11) is 0. The minimum absolute atomic E-state index is 0.0615. The van der Waals surface area contributed by atoms with Crippen molar-refractivity contribution in [3.05, 3.63) is 57.6 Å². The smallest absolute Gasteiger partial charge is 0.201 e. The van der Waals surface area contributed by atoms with Crippen LogP contribution in [0.15, 0.2) is 28.7 Å². The second-order valence-electron chi connectivity index (χ2n) is 3.89. The zero-order chi connectivity index (χ0) is 14.9. The molecule has 0 saturated heterocycles. The Labute approximate surface area is 120 Å². The van der Waals surface area contributed by atoms with E-state index in [1.165, 1.54) is 0 Å². The largest absolute Gasteiger partial charge is 0.448 e. The lowest BCUT2D eigenvalue weighted by atomic mass is 10.2. The molecule has 0 atom stereocenters. The van der Waals surface area contributed by atoms with Crippen LogP contribution in [-0.4, -0.2) is 0 Å². The lowest BCUT2D eigenvalue weighted by Crippen LogP contribution is -2.01. The highest BCUT2D eigenvalue weighted by Crippen LogP contribution is 2.33. The Morgan fingerprint density at radius 2 is 1.55 bits per heavy atom. The quantitative estimate of drug-likeness (QED) is 0.663. The van der Waals surface area contributed by atoms with E-state index in [4.69, 9.17) is 10.5 Å². The van der Waals surface area contributed by atoms with Crippen LogP contribution >= 0.6 is 15.9 Å². The minimum atomic E-state index is -1.34. The molecule has 0 amide bonds. The van der Waals surface area contributed by atoms with Gasteiger partial charge in [-0.1, -0.05) is 15.9 Å². The Morgan fingerprint density at radius 1 is 0.950 bits per heavy atom. The number of benzene rings is 2. The predicted octanol–water partition coefficient (Wildman–Crippen LogP) is 4.26. The molecule has 2 nitrogen and oxygen atoms in total. The van der Waals surface area contributed by atoms with Gasteiger partial charge in [0.1, 0.15) is 0 Å². The fourth-order valence-electron chi connectivity index (χ4n) is 1.54. The number of nitrogens with two attached hydrogens (primary N) is 1. The van der Waals surface area contributed by atoms with Crippen LogP contribution in [0, 0.1) is 23.3 Å². The summed E-state index contributed by atoms with van der Waals surface area (Å²) in [5.74, 6) is -6.09. The van der Waals surface area contributed by atoms with E-state index in [-0.39, 0.29) is 16.6 Å². The standard InChI is InChI=1S/C13H8BrF4NO/c14-7-3-8(15)12(18)11(4-7)20-13-9(16)1-6(5-19)2-10(13)17/h1-4H,5,19H2. The molecule has 2 aromatic rings. The van der Waals surface area contributed by atoms with Crippen molar-refractivity contribution in [1.29, 1.82) is 0 Å². The van der Waals surface area contributed by atoms with Gasteiger partial charge in [-0.3, -0.25) is 0 Å². The van der Waals surface area contributed by atoms with E-state index in [1.54, 1.807) is 0 Å². The lowest BCUT2D eigenvalue weighted by Gasteiger charge is -2.10. The molecule has 7 heteroatoms. The van der Waals surface area contributed by atoms with E-state index in [2.05, 4.69) is 15.9 Å². The highest BCUT2D eigenvalue weighted by molar-refractivity contribution is 9.10. The van der Waals surface area contributed by atoms with Crippen LogP contribution in [0.25, 0.3) is 0 Å². The van der Waals surface area contributed by atoms with Gasteiger partial charge in [-0.05, 0) is 29.8 Å². The first-order chi connectivity index (χ1) is 9.42. The Kier molecular flexibility index (Phi) is 4.29. The first-order valence-corrected chi connectivity index (χ1v) is 6.22. The molecule has 0 aromatic heterocycles. The van der Waals surface area contributed by atoms with Gasteiger partial charge in [-0.25, -0.2) is 13.2 Å². The first kappa shape index (κ1) is 14.8. The first-order valence-electron chi connectivity index (χ1n) is 5.42. The molecule has 0 aliphatic carbocycles. The summed E-state index contributed by atoms with van der Waals surface area (Å²) in [6.07, 6.45) is 0. The van der Waals surface area contributed by atoms with Crippen LogP contribution < -0.4 is 10.5 Å². The third-order valence-electron chi connectivity index (χ3n) is 2.47. The summed E-state index contributed by atoms with van der Waals surface area (Å²) in [6.45, 7) is -0.0615. The SMILES string of the molecule is NCc1cc(F)c(Oc2cc(Br)cc(F)c2F)c(F)c1. The Hall–Kier alpha value is -1.60. The van der Waals surface area contributed by atoms with Crippen LogP contribution in [0.2, 0.25) is 0 Å². The molecule has 0 heterocycles. The molecule has 0 radical (unpaired) electrons. The predicted molar refractivity (Wildman–Crippen MR) is 68.4 cm³/mol. The van der Waals surface area contributed by atoms with Crippen LogP contribution in [0.1, 0.15) is 5.56 Å². The highest BCUT2D eigenvalue weighted by atomic mass is 79.9. The van der Waals surface area contributed by atoms with Crippen LogP contribution in [0.5, 0.6) is 11.5 Å². The number of hydrogen-bond donors (Lipinski definition) is 1. The van der Waals surface area contributed by atoms with Gasteiger partial charge in [-0.2, -0.15) is 4.39 Å². The topological polar surface area (TPSA) is 35.2 Å². The Morgan fingerprint density at radius 3 is 2.10 bits per heavy atom. The zero-order valence-corrected chi connectivity index (χ0v) is 11.5. The molecule has 0 unspecified atom stereocenters. The van der Waals surface area contributed by atoms with Crippen LogP contribution in [0.3, 0.4) is 0 Å². The number of rotatable bonds is 3. The van der Waals surface area contributed by atoms with E-state index in [0.717, 1.165) is 24.3 Å². The summed E-state index contributed by atoms with van der Waals surface area (Å²) < 4.78 is 59.0. The number of halogens is 5. The van der Waals surface area contributed by atoms with E-state index in [9.17, 15) is 17.6 Å². The van der Waals surface area contributed by atoms with Gasteiger partial charge < -0.3 is 10.5 Å². The van der Waals surface area contributed by atoms with E-state index in [0.29, 0.717) is 0 Å². The number of ether oxygens (including phenoxy) is 1. The average Bonchev–Trinajstić information content (AvgIpc) is 2.38. The van der Waals surface area contributed by atoms with Crippen molar-refractivity contribution >= 4 is 15.9 Å². The summed E-state index contributed by atoms with van der Waals surface area (Å²) in [4.78, 5) is 0. The second-order valence-corrected chi connectivity index (χ2v) is 4.81. The molecular weight excluding hydrogens is 342 g/mol. The molecule has 0 spiro atoms. The summed E-state index contributed by atoms with van der Waals surface area (Å²) in [5, 5.41) is 0. The summed E-state index contributed by atoms with van der Waals surface area (Å²) in [5.41, 5.74) is 5.48. The van der Waals surface area contributed by atoms with Crippen molar-refractivity contribution in [2.75, 3.05) is 0 Å². The zero-order valence-electron chi connectivity index (χ0n) is 9.89. The van der Waals surface area contributed by atoms with Crippen LogP contribution in [0.4, 0.5) is 17.6 Å². The maximum Gasteiger partial charge on any atom is 0.201 e. The van der Waals surface area contributed by atoms with Gasteiger partial charge in [0.15, 0.2) is 29.0 Å². The van der Waals surface area contributed by atoms with Gasteiger partial charge in [0.25, 0.3) is 0 Å². The van der Waals surface area contributed by atoms with E-state index < -0.39 is 34.8 Å². The van der Waals surface area contributed by atoms with Gasteiger partial charge in [-0.15, -0.1) is 0 Å². The molecule has 0 saturated carbocycles. The van der Waals surface area contributed by atoms with Gasteiger partial charge in [0.2, 0.25) is 5.82 Å². The molecule has 0 fully saturated rings. The van der Waals surface area contributed by atoms with E-state index in [1.807, 2.05) is 0 Å². The van der Waals surface area contributed by atoms with Crippen molar-refractivity contribution in [2.24, 2.45) is 5.73 Å². The van der Waals surface area contributed by atoms with E-state index >= 15 is 0 Å². The third kappa shape index (κ3) is 2.94. The maximum absolute atomic E-state index is 13.7. The molecule has 20 heavy (non-hydrogen) atoms. The molecule has 106 valence electrons. The molecule has 0 aliphatic rings. The minimum Gasteiger partial charge on any atom is -0.448 e. The van der Waals surface area contributed by atoms with Gasteiger partial charge in [0.05, 0.1) is 0 Å². The molecule has 0 aliphatic heterocycles. The molecular formula is C13H8BrF4NO. The third-order valence-corrected chi connectivity index (χ3v) is 2.92. The van der Waals surface area contributed by atoms with Crippen molar-refractivity contribution in [3.63, 3.8) is 0 Å².